The molecule has 0 radical (unpaired) electrons. The SMILES string of the molecule is NC(=O)C1(CNC(=O)c2nc3ccccc3c(=O)[nH]2)CCCC1. The second kappa shape index (κ2) is 5.83. The number of hydrogen-bond donors (Lipinski definition) is 3. The van der Waals surface area contributed by atoms with E-state index in [9.17, 15) is 14.4 Å². The number of hydrogen-bond acceptors (Lipinski definition) is 4. The third kappa shape index (κ3) is 2.81. The van der Waals surface area contributed by atoms with Crippen LogP contribution in [-0.4, -0.2) is 28.3 Å². The minimum atomic E-state index is -0.688. The second-order valence-electron chi connectivity index (χ2n) is 5.97. The summed E-state index contributed by atoms with van der Waals surface area (Å²) in [5.74, 6) is -0.970. The van der Waals surface area contributed by atoms with Crippen LogP contribution < -0.4 is 16.6 Å². The number of carbonyl (C=O) groups is 2. The van der Waals surface area contributed by atoms with Gasteiger partial charge in [-0.15, -0.1) is 0 Å². The zero-order valence-electron chi connectivity index (χ0n) is 12.6. The molecule has 0 unspecified atom stereocenters. The van der Waals surface area contributed by atoms with Crippen LogP contribution in [0, 0.1) is 5.41 Å². The van der Waals surface area contributed by atoms with Gasteiger partial charge in [-0.25, -0.2) is 4.98 Å². The third-order valence-electron chi connectivity index (χ3n) is 4.50. The van der Waals surface area contributed by atoms with Gasteiger partial charge in [0, 0.05) is 6.54 Å². The molecule has 0 bridgehead atoms. The van der Waals surface area contributed by atoms with E-state index in [1.165, 1.54) is 0 Å². The molecule has 1 aromatic heterocycles. The Labute approximate surface area is 132 Å². The smallest absolute Gasteiger partial charge is 0.287 e. The fourth-order valence-corrected chi connectivity index (χ4v) is 3.09. The summed E-state index contributed by atoms with van der Waals surface area (Å²) in [5.41, 5.74) is 4.89. The monoisotopic (exact) mass is 314 g/mol. The number of nitrogens with one attached hydrogen (secondary N) is 2. The van der Waals surface area contributed by atoms with Gasteiger partial charge in [0.2, 0.25) is 5.91 Å². The average molecular weight is 314 g/mol. The molecule has 2 aromatic rings. The summed E-state index contributed by atoms with van der Waals surface area (Å²) >= 11 is 0. The van der Waals surface area contributed by atoms with Crippen molar-refractivity contribution in [2.45, 2.75) is 25.7 Å². The zero-order chi connectivity index (χ0) is 16.4. The number of para-hydroxylation sites is 1. The molecule has 0 atom stereocenters. The number of nitrogens with zero attached hydrogens (tertiary/aromatic N) is 1. The van der Waals surface area contributed by atoms with Crippen LogP contribution in [0.3, 0.4) is 0 Å². The molecule has 23 heavy (non-hydrogen) atoms. The molecule has 2 amide bonds. The Morgan fingerprint density at radius 3 is 2.65 bits per heavy atom. The minimum absolute atomic E-state index is 0.0636. The normalized spacial score (nSPS) is 16.3. The van der Waals surface area contributed by atoms with Gasteiger partial charge >= 0.3 is 0 Å². The first kappa shape index (κ1) is 15.2. The molecule has 0 saturated heterocycles. The molecule has 120 valence electrons. The maximum absolute atomic E-state index is 12.3. The van der Waals surface area contributed by atoms with Crippen LogP contribution in [-0.2, 0) is 4.79 Å². The summed E-state index contributed by atoms with van der Waals surface area (Å²) in [6.45, 7) is 0.164. The Hall–Kier alpha value is -2.70. The van der Waals surface area contributed by atoms with Crippen LogP contribution in [0.1, 0.15) is 36.3 Å². The summed E-state index contributed by atoms with van der Waals surface area (Å²) in [6, 6.07) is 6.79. The van der Waals surface area contributed by atoms with Crippen molar-refractivity contribution in [2.24, 2.45) is 11.1 Å². The van der Waals surface area contributed by atoms with Crippen molar-refractivity contribution in [1.82, 2.24) is 15.3 Å². The number of benzene rings is 1. The molecule has 1 saturated carbocycles. The van der Waals surface area contributed by atoms with E-state index in [0.29, 0.717) is 23.7 Å². The molecule has 1 aliphatic rings. The van der Waals surface area contributed by atoms with Gasteiger partial charge in [-0.05, 0) is 25.0 Å². The average Bonchev–Trinajstić information content (AvgIpc) is 3.03. The standard InChI is InChI=1S/C16H18N4O3/c17-15(23)16(7-3-4-8-16)9-18-14(22)12-19-11-6-2-1-5-10(11)13(21)20-12/h1-2,5-6H,3-4,7-9H2,(H2,17,23)(H,18,22)(H,19,20,21). The number of amides is 2. The van der Waals surface area contributed by atoms with Gasteiger partial charge in [0.1, 0.15) is 0 Å². The molecule has 1 fully saturated rings. The van der Waals surface area contributed by atoms with Crippen LogP contribution in [0.25, 0.3) is 10.9 Å². The highest BCUT2D eigenvalue weighted by atomic mass is 16.2. The summed E-state index contributed by atoms with van der Waals surface area (Å²) in [5, 5.41) is 3.11. The molecular weight excluding hydrogens is 296 g/mol. The quantitative estimate of drug-likeness (QED) is 0.769. The first-order valence-corrected chi connectivity index (χ1v) is 7.59. The van der Waals surface area contributed by atoms with Gasteiger partial charge < -0.3 is 16.0 Å². The summed E-state index contributed by atoms with van der Waals surface area (Å²) in [7, 11) is 0. The number of aromatic amines is 1. The van der Waals surface area contributed by atoms with Crippen molar-refractivity contribution in [1.29, 1.82) is 0 Å². The number of nitrogens with two attached hydrogens (primary N) is 1. The van der Waals surface area contributed by atoms with E-state index < -0.39 is 17.2 Å². The predicted molar refractivity (Wildman–Crippen MR) is 84.8 cm³/mol. The van der Waals surface area contributed by atoms with Crippen molar-refractivity contribution in [3.8, 4) is 0 Å². The van der Waals surface area contributed by atoms with Crippen molar-refractivity contribution >= 4 is 22.7 Å². The van der Waals surface area contributed by atoms with E-state index in [0.717, 1.165) is 12.8 Å². The molecule has 4 N–H and O–H groups in total. The molecule has 3 rings (SSSR count). The van der Waals surface area contributed by atoms with Gasteiger partial charge in [-0.2, -0.15) is 0 Å². The van der Waals surface area contributed by atoms with Gasteiger partial charge in [0.05, 0.1) is 16.3 Å². The zero-order valence-corrected chi connectivity index (χ0v) is 12.6. The van der Waals surface area contributed by atoms with Gasteiger partial charge in [0.15, 0.2) is 5.82 Å². The minimum Gasteiger partial charge on any atom is -0.369 e. The Morgan fingerprint density at radius 2 is 1.96 bits per heavy atom. The van der Waals surface area contributed by atoms with E-state index in [-0.39, 0.29) is 17.9 Å². The maximum Gasteiger partial charge on any atom is 0.287 e. The Balaban J connectivity index is 1.81. The highest BCUT2D eigenvalue weighted by molar-refractivity contribution is 5.93. The lowest BCUT2D eigenvalue weighted by molar-refractivity contribution is -0.127. The van der Waals surface area contributed by atoms with Crippen molar-refractivity contribution in [3.63, 3.8) is 0 Å². The number of rotatable bonds is 4. The lowest BCUT2D eigenvalue weighted by Crippen LogP contribution is -2.45. The molecule has 7 heteroatoms. The van der Waals surface area contributed by atoms with Crippen LogP contribution in [0.2, 0.25) is 0 Å². The van der Waals surface area contributed by atoms with Crippen molar-refractivity contribution in [3.05, 3.63) is 40.4 Å². The Kier molecular flexibility index (Phi) is 3.85. The summed E-state index contributed by atoms with van der Waals surface area (Å²) in [4.78, 5) is 42.6. The fourth-order valence-electron chi connectivity index (χ4n) is 3.09. The van der Waals surface area contributed by atoms with Gasteiger partial charge in [-0.3, -0.25) is 14.4 Å². The van der Waals surface area contributed by atoms with Gasteiger partial charge in [0.25, 0.3) is 11.5 Å². The van der Waals surface area contributed by atoms with E-state index in [2.05, 4.69) is 15.3 Å². The molecule has 0 spiro atoms. The topological polar surface area (TPSA) is 118 Å². The third-order valence-corrected chi connectivity index (χ3v) is 4.50. The fraction of sp³-hybridized carbons (Fsp3) is 0.375. The van der Waals surface area contributed by atoms with E-state index in [4.69, 9.17) is 5.73 Å². The van der Waals surface area contributed by atoms with E-state index in [1.54, 1.807) is 24.3 Å². The molecule has 0 aliphatic heterocycles. The van der Waals surface area contributed by atoms with Crippen molar-refractivity contribution in [2.75, 3.05) is 6.54 Å². The number of fused-ring (bicyclic) bond motifs is 1. The number of primary amides is 1. The van der Waals surface area contributed by atoms with Gasteiger partial charge in [-0.1, -0.05) is 25.0 Å². The van der Waals surface area contributed by atoms with Crippen molar-refractivity contribution < 1.29 is 9.59 Å². The molecule has 1 aromatic carbocycles. The molecular formula is C16H18N4O3. The Morgan fingerprint density at radius 1 is 1.26 bits per heavy atom. The molecule has 1 heterocycles. The van der Waals surface area contributed by atoms with Crippen LogP contribution in [0.15, 0.2) is 29.1 Å². The highest BCUT2D eigenvalue weighted by Gasteiger charge is 2.39. The van der Waals surface area contributed by atoms with Crippen LogP contribution >= 0.6 is 0 Å². The van der Waals surface area contributed by atoms with Crippen LogP contribution in [0.4, 0.5) is 0 Å². The van der Waals surface area contributed by atoms with E-state index >= 15 is 0 Å². The van der Waals surface area contributed by atoms with Crippen LogP contribution in [0.5, 0.6) is 0 Å². The maximum atomic E-state index is 12.3. The molecule has 1 aliphatic carbocycles. The predicted octanol–water partition coefficient (Wildman–Crippen LogP) is 0.699. The van der Waals surface area contributed by atoms with E-state index in [1.807, 2.05) is 0 Å². The first-order chi connectivity index (χ1) is 11.0. The summed E-state index contributed by atoms with van der Waals surface area (Å²) < 4.78 is 0. The first-order valence-electron chi connectivity index (χ1n) is 7.59. The molecule has 7 nitrogen and oxygen atoms in total. The highest BCUT2D eigenvalue weighted by Crippen LogP contribution is 2.37. The number of H-pyrrole nitrogens is 1. The largest absolute Gasteiger partial charge is 0.369 e. The summed E-state index contributed by atoms with van der Waals surface area (Å²) in [6.07, 6.45) is 3.18. The number of aromatic nitrogens is 2. The lowest BCUT2D eigenvalue weighted by Gasteiger charge is -2.25. The number of carbonyl (C=O) groups excluding carboxylic acids is 2. The lowest BCUT2D eigenvalue weighted by atomic mass is 9.85. The Bertz CT molecular complexity index is 821. The second-order valence-corrected chi connectivity index (χ2v) is 5.97.